The van der Waals surface area contributed by atoms with Gasteiger partial charge in [0.2, 0.25) is 0 Å². The van der Waals surface area contributed by atoms with Gasteiger partial charge in [0.25, 0.3) is 5.91 Å². The molecule has 4 rings (SSSR count). The molecule has 1 amide bonds. The van der Waals surface area contributed by atoms with Crippen molar-refractivity contribution in [1.82, 2.24) is 25.2 Å². The molecule has 124 valence electrons. The average molecular weight is 334 g/mol. The van der Waals surface area contributed by atoms with Crippen LogP contribution in [0.1, 0.15) is 21.8 Å². The van der Waals surface area contributed by atoms with Crippen molar-refractivity contribution < 1.29 is 9.21 Å². The molecule has 0 aliphatic heterocycles. The molecule has 4 aromatic rings. The van der Waals surface area contributed by atoms with Crippen molar-refractivity contribution in [2.75, 3.05) is 5.32 Å². The fraction of sp³-hybridized carbons (Fsp3) is 0.118. The third-order valence-electron chi connectivity index (χ3n) is 3.81. The summed E-state index contributed by atoms with van der Waals surface area (Å²) in [5, 5.41) is 14.0. The first-order chi connectivity index (χ1) is 12.1. The molecule has 2 aromatic carbocycles. The van der Waals surface area contributed by atoms with Crippen molar-refractivity contribution in [2.45, 2.75) is 13.8 Å². The zero-order valence-electron chi connectivity index (χ0n) is 13.6. The second kappa shape index (κ2) is 5.82. The zero-order valence-corrected chi connectivity index (χ0v) is 13.6. The van der Waals surface area contributed by atoms with Gasteiger partial charge in [0.1, 0.15) is 11.8 Å². The van der Waals surface area contributed by atoms with Gasteiger partial charge in [0, 0.05) is 18.2 Å². The van der Waals surface area contributed by atoms with Crippen molar-refractivity contribution in [3.05, 3.63) is 59.7 Å². The number of aryl methyl sites for hydroxylation is 2. The Hall–Kier alpha value is -3.55. The van der Waals surface area contributed by atoms with Crippen LogP contribution < -0.4 is 5.32 Å². The highest BCUT2D eigenvalue weighted by Crippen LogP contribution is 2.21. The van der Waals surface area contributed by atoms with Gasteiger partial charge in [-0.05, 0) is 59.3 Å². The maximum Gasteiger partial charge on any atom is 0.255 e. The Morgan fingerprint density at radius 2 is 2.04 bits per heavy atom. The van der Waals surface area contributed by atoms with Crippen molar-refractivity contribution in [2.24, 2.45) is 0 Å². The van der Waals surface area contributed by atoms with E-state index in [1.54, 1.807) is 41.9 Å². The predicted molar refractivity (Wildman–Crippen MR) is 90.6 cm³/mol. The first-order valence-electron chi connectivity index (χ1n) is 7.63. The zero-order chi connectivity index (χ0) is 17.4. The van der Waals surface area contributed by atoms with Gasteiger partial charge >= 0.3 is 0 Å². The third-order valence-corrected chi connectivity index (χ3v) is 3.81. The minimum absolute atomic E-state index is 0.203. The van der Waals surface area contributed by atoms with Crippen LogP contribution in [-0.4, -0.2) is 31.1 Å². The van der Waals surface area contributed by atoms with Crippen LogP contribution in [-0.2, 0) is 0 Å². The highest BCUT2D eigenvalue weighted by Gasteiger charge is 2.11. The van der Waals surface area contributed by atoms with Crippen LogP contribution >= 0.6 is 0 Å². The summed E-state index contributed by atoms with van der Waals surface area (Å²) in [6.07, 6.45) is 1.51. The number of nitrogens with one attached hydrogen (secondary N) is 1. The van der Waals surface area contributed by atoms with Crippen molar-refractivity contribution >= 4 is 22.7 Å². The number of rotatable bonds is 3. The average Bonchev–Trinajstić information content (AvgIpc) is 3.23. The number of nitrogens with zero attached hydrogens (tertiary/aromatic N) is 5. The van der Waals surface area contributed by atoms with Gasteiger partial charge in [-0.15, -0.1) is 5.10 Å². The molecule has 1 N–H and O–H groups in total. The van der Waals surface area contributed by atoms with Crippen molar-refractivity contribution in [3.8, 4) is 5.69 Å². The highest BCUT2D eigenvalue weighted by molar-refractivity contribution is 6.05. The highest BCUT2D eigenvalue weighted by atomic mass is 16.3. The molecule has 0 fully saturated rings. The number of carbonyl (C=O) groups is 1. The first kappa shape index (κ1) is 15.0. The Morgan fingerprint density at radius 3 is 2.80 bits per heavy atom. The minimum Gasteiger partial charge on any atom is -0.441 e. The smallest absolute Gasteiger partial charge is 0.255 e. The van der Waals surface area contributed by atoms with E-state index in [9.17, 15) is 4.79 Å². The molecule has 0 aliphatic carbocycles. The molecule has 0 aliphatic rings. The monoisotopic (exact) mass is 334 g/mol. The lowest BCUT2D eigenvalue weighted by atomic mass is 10.1. The maximum atomic E-state index is 12.5. The Kier molecular flexibility index (Phi) is 3.50. The number of tetrazole rings is 1. The molecule has 2 heterocycles. The van der Waals surface area contributed by atoms with Gasteiger partial charge in [-0.25, -0.2) is 9.67 Å². The van der Waals surface area contributed by atoms with Crippen molar-refractivity contribution in [1.29, 1.82) is 0 Å². The maximum absolute atomic E-state index is 12.5. The molecule has 0 bridgehead atoms. The topological polar surface area (TPSA) is 98.7 Å². The van der Waals surface area contributed by atoms with Crippen LogP contribution in [0.25, 0.3) is 16.8 Å². The van der Waals surface area contributed by atoms with Crippen LogP contribution in [0.5, 0.6) is 0 Å². The molecule has 0 saturated heterocycles. The normalized spacial score (nSPS) is 11.0. The van der Waals surface area contributed by atoms with E-state index in [4.69, 9.17) is 4.42 Å². The number of hydrogen-bond donors (Lipinski definition) is 1. The first-order valence-corrected chi connectivity index (χ1v) is 7.63. The summed E-state index contributed by atoms with van der Waals surface area (Å²) in [4.78, 5) is 16.8. The number of amides is 1. The van der Waals surface area contributed by atoms with Gasteiger partial charge in [0.15, 0.2) is 11.5 Å². The molecule has 0 atom stereocenters. The summed E-state index contributed by atoms with van der Waals surface area (Å²) < 4.78 is 6.99. The predicted octanol–water partition coefficient (Wildman–Crippen LogP) is 2.67. The Labute approximate surface area is 142 Å². The van der Waals surface area contributed by atoms with Crippen molar-refractivity contribution in [3.63, 3.8) is 0 Å². The number of fused-ring (bicyclic) bond motifs is 1. The van der Waals surface area contributed by atoms with Gasteiger partial charge in [-0.3, -0.25) is 4.79 Å². The van der Waals surface area contributed by atoms with E-state index in [-0.39, 0.29) is 5.91 Å². The number of carbonyl (C=O) groups excluding carboxylic acids is 1. The van der Waals surface area contributed by atoms with Gasteiger partial charge in [-0.1, -0.05) is 0 Å². The quantitative estimate of drug-likeness (QED) is 0.618. The third kappa shape index (κ3) is 2.85. The number of benzene rings is 2. The van der Waals surface area contributed by atoms with E-state index in [0.717, 1.165) is 11.3 Å². The van der Waals surface area contributed by atoms with E-state index in [1.165, 1.54) is 6.33 Å². The second-order valence-electron chi connectivity index (χ2n) is 5.63. The van der Waals surface area contributed by atoms with Crippen LogP contribution in [0, 0.1) is 13.8 Å². The van der Waals surface area contributed by atoms with E-state index in [0.29, 0.717) is 28.2 Å². The standard InChI is InChI=1S/C17H14N6O2/c1-10-7-12(3-5-15(10)23-9-18-21-22-23)17(24)20-13-4-6-16-14(8-13)19-11(2)25-16/h3-9H,1-2H3,(H,20,24). The Morgan fingerprint density at radius 1 is 1.16 bits per heavy atom. The molecule has 0 unspecified atom stereocenters. The Bertz CT molecular complexity index is 1070. The number of anilines is 1. The summed E-state index contributed by atoms with van der Waals surface area (Å²) in [6, 6.07) is 10.7. The molecule has 2 aromatic heterocycles. The second-order valence-corrected chi connectivity index (χ2v) is 5.63. The van der Waals surface area contributed by atoms with Gasteiger partial charge < -0.3 is 9.73 Å². The number of oxazole rings is 1. The summed E-state index contributed by atoms with van der Waals surface area (Å²) in [5.41, 5.74) is 4.32. The molecular formula is C17H14N6O2. The minimum atomic E-state index is -0.203. The summed E-state index contributed by atoms with van der Waals surface area (Å²) in [5.74, 6) is 0.387. The lowest BCUT2D eigenvalue weighted by molar-refractivity contribution is 0.102. The van der Waals surface area contributed by atoms with Gasteiger partial charge in [-0.2, -0.15) is 0 Å². The number of hydrogen-bond acceptors (Lipinski definition) is 6. The molecule has 8 nitrogen and oxygen atoms in total. The van der Waals surface area contributed by atoms with Crippen LogP contribution in [0.2, 0.25) is 0 Å². The van der Waals surface area contributed by atoms with E-state index < -0.39 is 0 Å². The largest absolute Gasteiger partial charge is 0.441 e. The van der Waals surface area contributed by atoms with Crippen LogP contribution in [0.15, 0.2) is 47.1 Å². The summed E-state index contributed by atoms with van der Waals surface area (Å²) >= 11 is 0. The van der Waals surface area contributed by atoms with E-state index in [1.807, 2.05) is 13.0 Å². The lowest BCUT2D eigenvalue weighted by Gasteiger charge is -2.08. The molecule has 0 spiro atoms. The lowest BCUT2D eigenvalue weighted by Crippen LogP contribution is -2.12. The molecule has 0 radical (unpaired) electrons. The van der Waals surface area contributed by atoms with Crippen LogP contribution in [0.3, 0.4) is 0 Å². The van der Waals surface area contributed by atoms with E-state index >= 15 is 0 Å². The molecule has 25 heavy (non-hydrogen) atoms. The molecule has 0 saturated carbocycles. The van der Waals surface area contributed by atoms with E-state index in [2.05, 4.69) is 25.8 Å². The van der Waals surface area contributed by atoms with Gasteiger partial charge in [0.05, 0.1) is 5.69 Å². The summed E-state index contributed by atoms with van der Waals surface area (Å²) in [7, 11) is 0. The number of aromatic nitrogens is 5. The fourth-order valence-electron chi connectivity index (χ4n) is 2.65. The molecule has 8 heteroatoms. The Balaban J connectivity index is 1.58. The SMILES string of the molecule is Cc1nc2cc(NC(=O)c3ccc(-n4cnnn4)c(C)c3)ccc2o1. The van der Waals surface area contributed by atoms with Crippen LogP contribution in [0.4, 0.5) is 5.69 Å². The fourth-order valence-corrected chi connectivity index (χ4v) is 2.65. The summed E-state index contributed by atoms with van der Waals surface area (Å²) in [6.45, 7) is 3.69. The molecular weight excluding hydrogens is 320 g/mol.